The topological polar surface area (TPSA) is 45.2 Å². The number of likely N-dealkylation sites (N-methyl/N-ethyl adjacent to an activating group) is 1. The third-order valence-electron chi connectivity index (χ3n) is 3.81. The molecule has 1 aromatic heterocycles. The van der Waals surface area contributed by atoms with Crippen molar-refractivity contribution in [3.8, 4) is 0 Å². The average Bonchev–Trinajstić information content (AvgIpc) is 2.47. The second-order valence-corrected chi connectivity index (χ2v) is 5.32. The molecule has 0 aliphatic carbocycles. The monoisotopic (exact) mass is 261 g/mol. The van der Waals surface area contributed by atoms with Gasteiger partial charge in [-0.2, -0.15) is 0 Å². The van der Waals surface area contributed by atoms with Crippen molar-refractivity contribution in [1.29, 1.82) is 0 Å². The molecule has 104 valence electrons. The first-order valence-corrected chi connectivity index (χ1v) is 7.09. The molecular weight excluding hydrogens is 238 g/mol. The van der Waals surface area contributed by atoms with Crippen LogP contribution in [0.5, 0.6) is 0 Å². The van der Waals surface area contributed by atoms with E-state index < -0.39 is 0 Å². The molecule has 1 aromatic rings. The van der Waals surface area contributed by atoms with Crippen LogP contribution in [0.3, 0.4) is 0 Å². The van der Waals surface area contributed by atoms with Crippen molar-refractivity contribution < 1.29 is 4.79 Å². The third-order valence-corrected chi connectivity index (χ3v) is 3.81. The van der Waals surface area contributed by atoms with E-state index in [4.69, 9.17) is 0 Å². The SMILES string of the molecule is CN(CCc1cccnc1)C(=O)CC1CCNCC1. The second-order valence-electron chi connectivity index (χ2n) is 5.32. The first-order valence-electron chi connectivity index (χ1n) is 7.09. The zero-order valence-electron chi connectivity index (χ0n) is 11.6. The van der Waals surface area contributed by atoms with Gasteiger partial charge in [0.15, 0.2) is 0 Å². The van der Waals surface area contributed by atoms with E-state index in [0.717, 1.165) is 38.9 Å². The van der Waals surface area contributed by atoms with Gasteiger partial charge in [-0.1, -0.05) is 6.07 Å². The van der Waals surface area contributed by atoms with E-state index in [2.05, 4.69) is 16.4 Å². The summed E-state index contributed by atoms with van der Waals surface area (Å²) in [6.45, 7) is 2.88. The van der Waals surface area contributed by atoms with Crippen LogP contribution in [-0.4, -0.2) is 42.5 Å². The highest BCUT2D eigenvalue weighted by atomic mass is 16.2. The molecule has 1 amide bonds. The molecule has 2 rings (SSSR count). The number of piperidine rings is 1. The Bertz CT molecular complexity index is 388. The normalized spacial score (nSPS) is 16.3. The van der Waals surface area contributed by atoms with Crippen LogP contribution in [0, 0.1) is 5.92 Å². The fourth-order valence-electron chi connectivity index (χ4n) is 2.46. The summed E-state index contributed by atoms with van der Waals surface area (Å²) in [5.41, 5.74) is 1.18. The Balaban J connectivity index is 1.72. The number of carbonyl (C=O) groups is 1. The van der Waals surface area contributed by atoms with Gasteiger partial charge in [-0.15, -0.1) is 0 Å². The van der Waals surface area contributed by atoms with E-state index in [-0.39, 0.29) is 5.91 Å². The lowest BCUT2D eigenvalue weighted by molar-refractivity contribution is -0.131. The van der Waals surface area contributed by atoms with Gasteiger partial charge in [-0.05, 0) is 49.9 Å². The molecule has 19 heavy (non-hydrogen) atoms. The van der Waals surface area contributed by atoms with Crippen molar-refractivity contribution in [3.05, 3.63) is 30.1 Å². The lowest BCUT2D eigenvalue weighted by Crippen LogP contribution is -2.34. The van der Waals surface area contributed by atoms with Crippen LogP contribution in [-0.2, 0) is 11.2 Å². The summed E-state index contributed by atoms with van der Waals surface area (Å²) in [5, 5.41) is 3.33. The van der Waals surface area contributed by atoms with Gasteiger partial charge in [0, 0.05) is 32.4 Å². The van der Waals surface area contributed by atoms with Crippen LogP contribution in [0.1, 0.15) is 24.8 Å². The molecule has 0 radical (unpaired) electrons. The summed E-state index contributed by atoms with van der Waals surface area (Å²) < 4.78 is 0. The van der Waals surface area contributed by atoms with Crippen molar-refractivity contribution in [1.82, 2.24) is 15.2 Å². The quantitative estimate of drug-likeness (QED) is 0.873. The molecule has 1 N–H and O–H groups in total. The maximum atomic E-state index is 12.1. The molecule has 0 aromatic carbocycles. The maximum absolute atomic E-state index is 12.1. The van der Waals surface area contributed by atoms with Gasteiger partial charge in [-0.25, -0.2) is 0 Å². The Morgan fingerprint density at radius 3 is 2.95 bits per heavy atom. The van der Waals surface area contributed by atoms with Crippen molar-refractivity contribution in [2.24, 2.45) is 5.92 Å². The van der Waals surface area contributed by atoms with Crippen molar-refractivity contribution in [3.63, 3.8) is 0 Å². The highest BCUT2D eigenvalue weighted by Crippen LogP contribution is 2.16. The summed E-state index contributed by atoms with van der Waals surface area (Å²) in [4.78, 5) is 18.1. The molecule has 0 bridgehead atoms. The van der Waals surface area contributed by atoms with Crippen LogP contribution >= 0.6 is 0 Å². The molecule has 1 fully saturated rings. The second kappa shape index (κ2) is 7.24. The molecule has 1 aliphatic heterocycles. The number of nitrogens with one attached hydrogen (secondary N) is 1. The molecule has 0 atom stereocenters. The average molecular weight is 261 g/mol. The summed E-state index contributed by atoms with van der Waals surface area (Å²) in [6.07, 6.45) is 7.47. The molecule has 2 heterocycles. The minimum atomic E-state index is 0.274. The van der Waals surface area contributed by atoms with Gasteiger partial charge in [0.25, 0.3) is 0 Å². The predicted molar refractivity (Wildman–Crippen MR) is 75.8 cm³/mol. The largest absolute Gasteiger partial charge is 0.345 e. The van der Waals surface area contributed by atoms with E-state index in [1.54, 1.807) is 6.20 Å². The van der Waals surface area contributed by atoms with E-state index in [9.17, 15) is 4.79 Å². The molecule has 0 spiro atoms. The Hall–Kier alpha value is -1.42. The first-order chi connectivity index (χ1) is 9.25. The molecule has 0 saturated carbocycles. The number of amides is 1. The van der Waals surface area contributed by atoms with Crippen molar-refractivity contribution in [2.45, 2.75) is 25.7 Å². The van der Waals surface area contributed by atoms with E-state index in [1.165, 1.54) is 5.56 Å². The fourth-order valence-corrected chi connectivity index (χ4v) is 2.46. The highest BCUT2D eigenvalue weighted by Gasteiger charge is 2.18. The Morgan fingerprint density at radius 2 is 2.26 bits per heavy atom. The summed E-state index contributed by atoms with van der Waals surface area (Å²) in [5.74, 6) is 0.838. The lowest BCUT2D eigenvalue weighted by Gasteiger charge is -2.25. The Morgan fingerprint density at radius 1 is 1.47 bits per heavy atom. The van der Waals surface area contributed by atoms with Crippen LogP contribution in [0.15, 0.2) is 24.5 Å². The summed E-state index contributed by atoms with van der Waals surface area (Å²) in [6, 6.07) is 3.99. The summed E-state index contributed by atoms with van der Waals surface area (Å²) in [7, 11) is 1.90. The lowest BCUT2D eigenvalue weighted by atomic mass is 9.94. The van der Waals surface area contributed by atoms with Crippen LogP contribution in [0.25, 0.3) is 0 Å². The number of hydrogen-bond donors (Lipinski definition) is 1. The third kappa shape index (κ3) is 4.63. The van der Waals surface area contributed by atoms with E-state index in [1.807, 2.05) is 24.2 Å². The zero-order valence-corrected chi connectivity index (χ0v) is 11.6. The minimum absolute atomic E-state index is 0.274. The number of nitrogens with zero attached hydrogens (tertiary/aromatic N) is 2. The molecule has 0 unspecified atom stereocenters. The number of aromatic nitrogens is 1. The van der Waals surface area contributed by atoms with Gasteiger partial charge >= 0.3 is 0 Å². The smallest absolute Gasteiger partial charge is 0.222 e. The number of rotatable bonds is 5. The van der Waals surface area contributed by atoms with Gasteiger partial charge < -0.3 is 10.2 Å². The van der Waals surface area contributed by atoms with Crippen LogP contribution < -0.4 is 5.32 Å². The molecule has 1 saturated heterocycles. The molecule has 1 aliphatic rings. The summed E-state index contributed by atoms with van der Waals surface area (Å²) >= 11 is 0. The van der Waals surface area contributed by atoms with Gasteiger partial charge in [0.2, 0.25) is 5.91 Å². The van der Waals surface area contributed by atoms with E-state index >= 15 is 0 Å². The Labute approximate surface area is 115 Å². The fraction of sp³-hybridized carbons (Fsp3) is 0.600. The number of hydrogen-bond acceptors (Lipinski definition) is 3. The standard InChI is InChI=1S/C15H23N3O/c1-18(10-6-14-3-2-7-17-12-14)15(19)11-13-4-8-16-9-5-13/h2-3,7,12-13,16H,4-6,8-11H2,1H3. The highest BCUT2D eigenvalue weighted by molar-refractivity contribution is 5.76. The molecule has 4 heteroatoms. The van der Waals surface area contributed by atoms with Crippen molar-refractivity contribution >= 4 is 5.91 Å². The van der Waals surface area contributed by atoms with Gasteiger partial charge in [0.1, 0.15) is 0 Å². The number of carbonyl (C=O) groups excluding carboxylic acids is 1. The minimum Gasteiger partial charge on any atom is -0.345 e. The Kier molecular flexibility index (Phi) is 5.33. The number of pyridine rings is 1. The predicted octanol–water partition coefficient (Wildman–Crippen LogP) is 1.47. The molecule has 4 nitrogen and oxygen atoms in total. The van der Waals surface area contributed by atoms with Crippen molar-refractivity contribution in [2.75, 3.05) is 26.7 Å². The molecular formula is C15H23N3O. The maximum Gasteiger partial charge on any atom is 0.222 e. The zero-order chi connectivity index (χ0) is 13.5. The van der Waals surface area contributed by atoms with Crippen LogP contribution in [0.2, 0.25) is 0 Å². The van der Waals surface area contributed by atoms with E-state index in [0.29, 0.717) is 12.3 Å². The first kappa shape index (κ1) is 14.0. The van der Waals surface area contributed by atoms with Gasteiger partial charge in [0.05, 0.1) is 0 Å². The van der Waals surface area contributed by atoms with Crippen LogP contribution in [0.4, 0.5) is 0 Å². The van der Waals surface area contributed by atoms with Gasteiger partial charge in [-0.3, -0.25) is 9.78 Å².